The van der Waals surface area contributed by atoms with E-state index in [1.807, 2.05) is 0 Å². The van der Waals surface area contributed by atoms with E-state index in [1.165, 1.54) is 12.8 Å². The van der Waals surface area contributed by atoms with Gasteiger partial charge in [-0.05, 0) is 24.8 Å². The predicted octanol–water partition coefficient (Wildman–Crippen LogP) is 0.0983. The predicted molar refractivity (Wildman–Crippen MR) is 51.8 cm³/mol. The van der Waals surface area contributed by atoms with Crippen LogP contribution in [0.3, 0.4) is 0 Å². The summed E-state index contributed by atoms with van der Waals surface area (Å²) in [4.78, 5) is 13.2. The second-order valence-electron chi connectivity index (χ2n) is 4.55. The Kier molecular flexibility index (Phi) is 3.27. The van der Waals surface area contributed by atoms with Crippen LogP contribution in [0.15, 0.2) is 0 Å². The number of piperidine rings is 1. The number of carbonyl (C=O) groups excluding carboxylic acids is 1. The number of amides is 1. The number of likely N-dealkylation sites (tertiary alicyclic amines) is 1. The van der Waals surface area contributed by atoms with Gasteiger partial charge in [-0.1, -0.05) is 13.8 Å². The molecule has 0 aromatic rings. The largest absolute Gasteiger partial charge is 0.294 e. The highest BCUT2D eigenvalue weighted by atomic mass is 16.2. The topological polar surface area (TPSA) is 58.4 Å². The van der Waals surface area contributed by atoms with E-state index in [-0.39, 0.29) is 5.91 Å². The lowest BCUT2D eigenvalue weighted by molar-refractivity contribution is -0.123. The van der Waals surface area contributed by atoms with Gasteiger partial charge in [-0.25, -0.2) is 5.84 Å². The van der Waals surface area contributed by atoms with Gasteiger partial charge < -0.3 is 0 Å². The van der Waals surface area contributed by atoms with E-state index in [0.717, 1.165) is 13.1 Å². The van der Waals surface area contributed by atoms with Gasteiger partial charge in [0.2, 0.25) is 5.91 Å². The van der Waals surface area contributed by atoms with Gasteiger partial charge in [0.15, 0.2) is 0 Å². The molecule has 0 spiro atoms. The molecule has 76 valence electrons. The molecule has 4 nitrogen and oxygen atoms in total. The van der Waals surface area contributed by atoms with Crippen molar-refractivity contribution >= 4 is 5.91 Å². The van der Waals surface area contributed by atoms with Crippen LogP contribution < -0.4 is 11.3 Å². The van der Waals surface area contributed by atoms with E-state index >= 15 is 0 Å². The van der Waals surface area contributed by atoms with Gasteiger partial charge in [0.05, 0.1) is 6.54 Å². The number of carbonyl (C=O) groups is 1. The van der Waals surface area contributed by atoms with E-state index in [0.29, 0.717) is 12.0 Å². The van der Waals surface area contributed by atoms with E-state index in [1.54, 1.807) is 0 Å². The van der Waals surface area contributed by atoms with Crippen molar-refractivity contribution in [1.29, 1.82) is 0 Å². The molecule has 3 N–H and O–H groups in total. The zero-order valence-corrected chi connectivity index (χ0v) is 8.47. The molecule has 1 fully saturated rings. The van der Waals surface area contributed by atoms with Crippen molar-refractivity contribution in [3.63, 3.8) is 0 Å². The fourth-order valence-corrected chi connectivity index (χ4v) is 1.93. The third-order valence-corrected chi connectivity index (χ3v) is 2.51. The maximum Gasteiger partial charge on any atom is 0.248 e. The summed E-state index contributed by atoms with van der Waals surface area (Å²) in [6.45, 7) is 6.90. The smallest absolute Gasteiger partial charge is 0.248 e. The van der Waals surface area contributed by atoms with Crippen molar-refractivity contribution in [2.45, 2.75) is 26.7 Å². The van der Waals surface area contributed by atoms with Crippen LogP contribution in [0.5, 0.6) is 0 Å². The monoisotopic (exact) mass is 185 g/mol. The third kappa shape index (κ3) is 3.32. The molecular weight excluding hydrogens is 166 g/mol. The third-order valence-electron chi connectivity index (χ3n) is 2.51. The first-order chi connectivity index (χ1) is 6.03. The molecule has 1 amide bonds. The van der Waals surface area contributed by atoms with E-state index in [9.17, 15) is 4.79 Å². The highest BCUT2D eigenvalue weighted by molar-refractivity contribution is 5.77. The molecule has 0 unspecified atom stereocenters. The lowest BCUT2D eigenvalue weighted by Crippen LogP contribution is -2.46. The molecular formula is C9H19N3O. The van der Waals surface area contributed by atoms with Crippen molar-refractivity contribution in [1.82, 2.24) is 10.3 Å². The summed E-state index contributed by atoms with van der Waals surface area (Å²) in [6.07, 6.45) is 2.42. The zero-order chi connectivity index (χ0) is 9.90. The number of rotatable bonds is 2. The highest BCUT2D eigenvalue weighted by Crippen LogP contribution is 2.27. The zero-order valence-electron chi connectivity index (χ0n) is 8.47. The Balaban J connectivity index is 2.39. The molecule has 1 saturated heterocycles. The minimum atomic E-state index is -0.0994. The number of hydrogen-bond acceptors (Lipinski definition) is 3. The average molecular weight is 185 g/mol. The summed E-state index contributed by atoms with van der Waals surface area (Å²) in [5, 5.41) is 0. The second kappa shape index (κ2) is 4.07. The van der Waals surface area contributed by atoms with E-state index < -0.39 is 0 Å². The molecule has 0 aromatic carbocycles. The van der Waals surface area contributed by atoms with Crippen LogP contribution >= 0.6 is 0 Å². The normalized spacial score (nSPS) is 22.7. The van der Waals surface area contributed by atoms with Gasteiger partial charge in [0, 0.05) is 6.54 Å². The van der Waals surface area contributed by atoms with Crippen molar-refractivity contribution in [2.24, 2.45) is 11.3 Å². The van der Waals surface area contributed by atoms with Crippen LogP contribution in [-0.2, 0) is 4.79 Å². The van der Waals surface area contributed by atoms with Gasteiger partial charge in [-0.15, -0.1) is 0 Å². The Morgan fingerprint density at radius 1 is 1.62 bits per heavy atom. The molecule has 0 aromatic heterocycles. The molecule has 4 heteroatoms. The summed E-state index contributed by atoms with van der Waals surface area (Å²) >= 11 is 0. The van der Waals surface area contributed by atoms with Crippen LogP contribution in [0.4, 0.5) is 0 Å². The van der Waals surface area contributed by atoms with Crippen LogP contribution in [0.25, 0.3) is 0 Å². The second-order valence-corrected chi connectivity index (χ2v) is 4.55. The van der Waals surface area contributed by atoms with E-state index in [2.05, 4.69) is 24.2 Å². The molecule has 0 radical (unpaired) electrons. The summed E-state index contributed by atoms with van der Waals surface area (Å²) in [5.74, 6) is 4.93. The minimum Gasteiger partial charge on any atom is -0.294 e. The Morgan fingerprint density at radius 3 is 2.85 bits per heavy atom. The SMILES string of the molecule is CC1(C)CCCN(CC(=O)NN)C1. The van der Waals surface area contributed by atoms with Crippen molar-refractivity contribution < 1.29 is 4.79 Å². The minimum absolute atomic E-state index is 0.0994. The number of nitrogens with zero attached hydrogens (tertiary/aromatic N) is 1. The maximum absolute atomic E-state index is 11.0. The lowest BCUT2D eigenvalue weighted by atomic mass is 9.84. The molecule has 0 saturated carbocycles. The quantitative estimate of drug-likeness (QED) is 0.364. The van der Waals surface area contributed by atoms with Gasteiger partial charge in [-0.3, -0.25) is 15.1 Å². The van der Waals surface area contributed by atoms with Crippen LogP contribution in [-0.4, -0.2) is 30.4 Å². The number of nitrogens with one attached hydrogen (secondary N) is 1. The summed E-state index contributed by atoms with van der Waals surface area (Å²) < 4.78 is 0. The number of hydrazine groups is 1. The number of hydrogen-bond donors (Lipinski definition) is 2. The van der Waals surface area contributed by atoms with Crippen molar-refractivity contribution in [2.75, 3.05) is 19.6 Å². The standard InChI is InChI=1S/C9H19N3O/c1-9(2)4-3-5-12(7-9)6-8(13)11-10/h3-7,10H2,1-2H3,(H,11,13). The summed E-state index contributed by atoms with van der Waals surface area (Å²) in [5.41, 5.74) is 2.50. The highest BCUT2D eigenvalue weighted by Gasteiger charge is 2.26. The van der Waals surface area contributed by atoms with Crippen LogP contribution in [0.1, 0.15) is 26.7 Å². The Morgan fingerprint density at radius 2 is 2.31 bits per heavy atom. The molecule has 1 aliphatic rings. The van der Waals surface area contributed by atoms with Crippen LogP contribution in [0.2, 0.25) is 0 Å². The van der Waals surface area contributed by atoms with Crippen molar-refractivity contribution in [3.8, 4) is 0 Å². The first-order valence-electron chi connectivity index (χ1n) is 4.75. The lowest BCUT2D eigenvalue weighted by Gasteiger charge is -2.37. The fraction of sp³-hybridized carbons (Fsp3) is 0.889. The van der Waals surface area contributed by atoms with E-state index in [4.69, 9.17) is 5.84 Å². The molecule has 13 heavy (non-hydrogen) atoms. The maximum atomic E-state index is 11.0. The molecule has 1 heterocycles. The first-order valence-corrected chi connectivity index (χ1v) is 4.75. The molecule has 0 aliphatic carbocycles. The number of nitrogens with two attached hydrogens (primary N) is 1. The molecule has 1 rings (SSSR count). The Bertz CT molecular complexity index is 191. The van der Waals surface area contributed by atoms with Crippen molar-refractivity contribution in [3.05, 3.63) is 0 Å². The first kappa shape index (κ1) is 10.5. The van der Waals surface area contributed by atoms with Gasteiger partial charge in [0.25, 0.3) is 0 Å². The van der Waals surface area contributed by atoms with Crippen LogP contribution in [0, 0.1) is 5.41 Å². The molecule has 0 atom stereocenters. The Hall–Kier alpha value is -0.610. The Labute approximate surface area is 79.4 Å². The van der Waals surface area contributed by atoms with Gasteiger partial charge >= 0.3 is 0 Å². The molecule has 1 aliphatic heterocycles. The average Bonchev–Trinajstić information content (AvgIpc) is 2.02. The van der Waals surface area contributed by atoms with Gasteiger partial charge in [-0.2, -0.15) is 0 Å². The van der Waals surface area contributed by atoms with Gasteiger partial charge in [0.1, 0.15) is 0 Å². The fourth-order valence-electron chi connectivity index (χ4n) is 1.93. The molecule has 0 bridgehead atoms. The summed E-state index contributed by atoms with van der Waals surface area (Å²) in [7, 11) is 0. The summed E-state index contributed by atoms with van der Waals surface area (Å²) in [6, 6.07) is 0.